The van der Waals surface area contributed by atoms with Crippen LogP contribution < -0.4 is 10.0 Å². The van der Waals surface area contributed by atoms with E-state index in [1.165, 1.54) is 36.4 Å². The fraction of sp³-hybridized carbons (Fsp3) is 0. The van der Waals surface area contributed by atoms with Gasteiger partial charge in [0.2, 0.25) is 0 Å². The first-order chi connectivity index (χ1) is 16.1. The number of phenolic OH excluding ortho intramolecular Hbond substituents is 1. The molecule has 9 nitrogen and oxygen atoms in total. The number of aromatic hydroxyl groups is 1. The summed E-state index contributed by atoms with van der Waals surface area (Å²) in [6.45, 7) is 0. The summed E-state index contributed by atoms with van der Waals surface area (Å²) in [5, 5.41) is 14.0. The Labute approximate surface area is 223 Å². The van der Waals surface area contributed by atoms with Crippen LogP contribution in [0.4, 0.5) is 11.4 Å². The van der Waals surface area contributed by atoms with E-state index < -0.39 is 30.9 Å². The number of carbonyl (C=O) groups excluding carboxylic acids is 1. The fourth-order valence-electron chi connectivity index (χ4n) is 3.32. The number of carbonyl (C=O) groups is 1. The predicted molar refractivity (Wildman–Crippen MR) is 133 cm³/mol. The number of phenols is 1. The molecule has 175 valence electrons. The van der Waals surface area contributed by atoms with Crippen molar-refractivity contribution in [3.63, 3.8) is 0 Å². The number of rotatable bonds is 6. The summed E-state index contributed by atoms with van der Waals surface area (Å²) in [6, 6.07) is 20.2. The molecular weight excluding hydrogens is 503 g/mol. The molecule has 4 N–H and O–H groups in total. The Hall–Kier alpha value is -2.93. The second-order valence-electron chi connectivity index (χ2n) is 7.24. The van der Waals surface area contributed by atoms with Gasteiger partial charge in [0, 0.05) is 45.9 Å². The first kappa shape index (κ1) is 26.7. The van der Waals surface area contributed by atoms with Crippen molar-refractivity contribution in [2.24, 2.45) is 0 Å². The molecule has 0 unspecified atom stereocenters. The van der Waals surface area contributed by atoms with Gasteiger partial charge in [-0.15, -0.1) is 0 Å². The Morgan fingerprint density at radius 1 is 0.714 bits per heavy atom. The minimum absolute atomic E-state index is 0. The van der Waals surface area contributed by atoms with Gasteiger partial charge in [-0.05, 0) is 48.5 Å². The van der Waals surface area contributed by atoms with Crippen LogP contribution >= 0.6 is 0 Å². The molecular formula is C23H18N2NaO7S2. The minimum Gasteiger partial charge on any atom is -0.505 e. The molecule has 4 aromatic rings. The minimum atomic E-state index is -4.59. The van der Waals surface area contributed by atoms with Crippen LogP contribution in [-0.4, -0.2) is 62.0 Å². The van der Waals surface area contributed by atoms with Gasteiger partial charge < -0.3 is 10.4 Å². The number of anilines is 2. The molecule has 0 bridgehead atoms. The number of sulfonamides is 1. The molecule has 0 spiro atoms. The van der Waals surface area contributed by atoms with Crippen molar-refractivity contribution in [1.29, 1.82) is 0 Å². The maximum atomic E-state index is 12.9. The Kier molecular flexibility index (Phi) is 7.90. The summed E-state index contributed by atoms with van der Waals surface area (Å²) in [7, 11) is -8.84. The molecule has 0 atom stereocenters. The maximum absolute atomic E-state index is 12.9. The smallest absolute Gasteiger partial charge is 0.294 e. The molecule has 0 heterocycles. The molecule has 1 amide bonds. The number of nitrogens with one attached hydrogen (secondary N) is 2. The zero-order valence-electron chi connectivity index (χ0n) is 18.3. The number of fused-ring (bicyclic) bond motifs is 1. The summed E-state index contributed by atoms with van der Waals surface area (Å²) in [5.41, 5.74) is 0.656. The molecule has 0 aliphatic rings. The molecule has 0 saturated carbocycles. The first-order valence-electron chi connectivity index (χ1n) is 9.78. The molecule has 0 saturated heterocycles. The second kappa shape index (κ2) is 10.4. The quantitative estimate of drug-likeness (QED) is 0.172. The molecule has 0 aliphatic heterocycles. The average Bonchev–Trinajstić information content (AvgIpc) is 2.81. The van der Waals surface area contributed by atoms with E-state index in [0.717, 1.165) is 12.1 Å². The zero-order chi connectivity index (χ0) is 24.5. The van der Waals surface area contributed by atoms with Gasteiger partial charge in [0.15, 0.2) is 0 Å². The van der Waals surface area contributed by atoms with Crippen LogP contribution in [-0.2, 0) is 20.1 Å². The third-order valence-electron chi connectivity index (χ3n) is 4.98. The van der Waals surface area contributed by atoms with E-state index in [2.05, 4.69) is 10.0 Å². The third-order valence-corrected chi connectivity index (χ3v) is 7.19. The van der Waals surface area contributed by atoms with Crippen molar-refractivity contribution < 1.29 is 31.3 Å². The molecule has 1 radical (unpaired) electrons. The standard InChI is InChI=1S/C23H18N2O7S2.Na/c26-22-19-10-5-11-20(25-33(28,29)16-8-4-9-17(14-16)34(30,31)32)18(19)12-13-21(22)24-23(27)15-6-2-1-3-7-15;/h1-14,25-26H,(H,24,27)(H,30,31,32);. The monoisotopic (exact) mass is 521 g/mol. The van der Waals surface area contributed by atoms with E-state index in [9.17, 15) is 31.3 Å². The van der Waals surface area contributed by atoms with E-state index in [-0.39, 0.29) is 57.0 Å². The van der Waals surface area contributed by atoms with Gasteiger partial charge in [0.05, 0.1) is 21.2 Å². The molecule has 0 aromatic heterocycles. The van der Waals surface area contributed by atoms with Gasteiger partial charge in [-0.1, -0.05) is 36.4 Å². The van der Waals surface area contributed by atoms with E-state index in [1.54, 1.807) is 36.4 Å². The third kappa shape index (κ3) is 5.84. The number of amides is 1. The van der Waals surface area contributed by atoms with E-state index in [1.807, 2.05) is 0 Å². The van der Waals surface area contributed by atoms with Crippen LogP contribution in [0.2, 0.25) is 0 Å². The SMILES string of the molecule is O=C(Nc1ccc2c(NS(=O)(=O)c3cccc(S(=O)(=O)O)c3)cccc2c1O)c1ccccc1.[Na]. The van der Waals surface area contributed by atoms with Crippen molar-refractivity contribution in [2.75, 3.05) is 10.0 Å². The van der Waals surface area contributed by atoms with E-state index in [0.29, 0.717) is 10.9 Å². The van der Waals surface area contributed by atoms with Crippen molar-refractivity contribution in [3.05, 3.63) is 90.5 Å². The van der Waals surface area contributed by atoms with Crippen LogP contribution in [0.15, 0.2) is 94.7 Å². The summed E-state index contributed by atoms with van der Waals surface area (Å²) in [5.74, 6) is -0.679. The Morgan fingerprint density at radius 3 is 2.06 bits per heavy atom. The zero-order valence-corrected chi connectivity index (χ0v) is 22.0. The maximum Gasteiger partial charge on any atom is 0.294 e. The number of hydrogen-bond donors (Lipinski definition) is 4. The van der Waals surface area contributed by atoms with Crippen molar-refractivity contribution in [3.8, 4) is 5.75 Å². The molecule has 4 aromatic carbocycles. The van der Waals surface area contributed by atoms with Crippen molar-refractivity contribution >= 4 is 77.8 Å². The summed E-state index contributed by atoms with van der Waals surface area (Å²) < 4.78 is 60.0. The van der Waals surface area contributed by atoms with Crippen LogP contribution in [0.1, 0.15) is 10.4 Å². The molecule has 35 heavy (non-hydrogen) atoms. The van der Waals surface area contributed by atoms with Crippen LogP contribution in [0.5, 0.6) is 5.75 Å². The average molecular weight is 522 g/mol. The molecule has 12 heteroatoms. The molecule has 0 fully saturated rings. The van der Waals surface area contributed by atoms with Gasteiger partial charge in [0.25, 0.3) is 26.0 Å². The molecule has 0 aliphatic carbocycles. The molecule has 4 rings (SSSR count). The normalized spacial score (nSPS) is 11.5. The Bertz CT molecular complexity index is 1620. The number of hydrogen-bond acceptors (Lipinski definition) is 6. The van der Waals surface area contributed by atoms with E-state index in [4.69, 9.17) is 0 Å². The topological polar surface area (TPSA) is 150 Å². The van der Waals surface area contributed by atoms with Crippen LogP contribution in [0.25, 0.3) is 10.8 Å². The summed E-state index contributed by atoms with van der Waals surface area (Å²) in [6.07, 6.45) is 0. The summed E-state index contributed by atoms with van der Waals surface area (Å²) in [4.78, 5) is 11.5. The van der Waals surface area contributed by atoms with E-state index >= 15 is 0 Å². The van der Waals surface area contributed by atoms with Gasteiger partial charge in [-0.3, -0.25) is 14.1 Å². The fourth-order valence-corrected chi connectivity index (χ4v) is 5.05. The van der Waals surface area contributed by atoms with Crippen molar-refractivity contribution in [2.45, 2.75) is 9.79 Å². The Morgan fingerprint density at radius 2 is 1.37 bits per heavy atom. The van der Waals surface area contributed by atoms with Gasteiger partial charge in [-0.2, -0.15) is 8.42 Å². The second-order valence-corrected chi connectivity index (χ2v) is 10.3. The van der Waals surface area contributed by atoms with Crippen molar-refractivity contribution in [1.82, 2.24) is 0 Å². The van der Waals surface area contributed by atoms with Gasteiger partial charge in [-0.25, -0.2) is 8.42 Å². The van der Waals surface area contributed by atoms with Crippen LogP contribution in [0, 0.1) is 0 Å². The Balaban J connectivity index is 0.00000342. The predicted octanol–water partition coefficient (Wildman–Crippen LogP) is 3.46. The largest absolute Gasteiger partial charge is 0.505 e. The van der Waals surface area contributed by atoms with Crippen LogP contribution in [0.3, 0.4) is 0 Å². The van der Waals surface area contributed by atoms with Gasteiger partial charge in [0.1, 0.15) is 5.75 Å². The summed E-state index contributed by atoms with van der Waals surface area (Å²) >= 11 is 0. The van der Waals surface area contributed by atoms with Gasteiger partial charge >= 0.3 is 0 Å². The number of benzene rings is 4. The first-order valence-corrected chi connectivity index (χ1v) is 12.7.